The van der Waals surface area contributed by atoms with Crippen LogP contribution in [0, 0.1) is 0 Å². The zero-order chi connectivity index (χ0) is 16.5. The molecule has 2 amide bonds. The molecule has 0 aromatic heterocycles. The van der Waals surface area contributed by atoms with E-state index in [9.17, 15) is 9.59 Å². The van der Waals surface area contributed by atoms with Gasteiger partial charge in [0.15, 0.2) is 0 Å². The highest BCUT2D eigenvalue weighted by atomic mass is 16.2. The number of nitrogens with zero attached hydrogens (tertiary/aromatic N) is 1. The van der Waals surface area contributed by atoms with Gasteiger partial charge in [0, 0.05) is 11.4 Å². The van der Waals surface area contributed by atoms with Gasteiger partial charge in [-0.15, -0.1) is 0 Å². The van der Waals surface area contributed by atoms with Gasteiger partial charge in [0.25, 0.3) is 0 Å². The number of hydrogen-bond acceptors (Lipinski definition) is 3. The van der Waals surface area contributed by atoms with Crippen LogP contribution in [0.25, 0.3) is 0 Å². The summed E-state index contributed by atoms with van der Waals surface area (Å²) in [4.78, 5) is 23.6. The van der Waals surface area contributed by atoms with Crippen LogP contribution < -0.4 is 10.7 Å². The fraction of sp³-hybridized carbons (Fsp3) is 0.167. The molecule has 0 aliphatic rings. The molecule has 0 bridgehead atoms. The number of anilines is 1. The van der Waals surface area contributed by atoms with Crippen LogP contribution in [0.3, 0.4) is 0 Å². The Hall–Kier alpha value is -2.95. The Morgan fingerprint density at radius 2 is 1.52 bits per heavy atom. The predicted molar refractivity (Wildman–Crippen MR) is 91.1 cm³/mol. The zero-order valence-electron chi connectivity index (χ0n) is 13.0. The number of para-hydroxylation sites is 1. The molecule has 0 heterocycles. The molecule has 0 radical (unpaired) electrons. The first-order valence-corrected chi connectivity index (χ1v) is 7.34. The van der Waals surface area contributed by atoms with Gasteiger partial charge in [0.2, 0.25) is 11.8 Å². The highest BCUT2D eigenvalue weighted by molar-refractivity contribution is 6.05. The normalized spacial score (nSPS) is 10.9. The first-order chi connectivity index (χ1) is 11.1. The Bertz CT molecular complexity index is 682. The summed E-state index contributed by atoms with van der Waals surface area (Å²) in [6.07, 6.45) is 0.383. The summed E-state index contributed by atoms with van der Waals surface area (Å²) >= 11 is 0. The summed E-state index contributed by atoms with van der Waals surface area (Å²) in [7, 11) is 0. The van der Waals surface area contributed by atoms with Crippen LogP contribution in [0.15, 0.2) is 65.8 Å². The number of carbonyl (C=O) groups excluding carboxylic acids is 2. The Morgan fingerprint density at radius 3 is 2.17 bits per heavy atom. The number of benzene rings is 2. The van der Waals surface area contributed by atoms with Crippen molar-refractivity contribution in [3.63, 3.8) is 0 Å². The first-order valence-electron chi connectivity index (χ1n) is 7.34. The van der Waals surface area contributed by atoms with Gasteiger partial charge in [-0.25, -0.2) is 5.43 Å². The SMILES string of the molecule is CC(CC(=O)Nc1ccccc1)=NNC(=O)Cc1ccccc1. The molecule has 0 saturated carbocycles. The second kappa shape index (κ2) is 8.48. The van der Waals surface area contributed by atoms with Crippen LogP contribution in [-0.4, -0.2) is 17.5 Å². The number of nitrogens with one attached hydrogen (secondary N) is 2. The largest absolute Gasteiger partial charge is 0.326 e. The Morgan fingerprint density at radius 1 is 0.913 bits per heavy atom. The van der Waals surface area contributed by atoms with Gasteiger partial charge in [-0.1, -0.05) is 48.5 Å². The molecule has 118 valence electrons. The van der Waals surface area contributed by atoms with Crippen molar-refractivity contribution >= 4 is 23.2 Å². The van der Waals surface area contributed by atoms with Crippen molar-refractivity contribution in [2.45, 2.75) is 19.8 Å². The smallest absolute Gasteiger partial charge is 0.244 e. The zero-order valence-corrected chi connectivity index (χ0v) is 13.0. The molecular formula is C18H19N3O2. The van der Waals surface area contributed by atoms with E-state index in [1.54, 1.807) is 6.92 Å². The molecule has 2 aromatic carbocycles. The van der Waals surface area contributed by atoms with Crippen LogP contribution in [0.4, 0.5) is 5.69 Å². The Balaban J connectivity index is 1.78. The third-order valence-electron chi connectivity index (χ3n) is 3.05. The van der Waals surface area contributed by atoms with E-state index < -0.39 is 0 Å². The summed E-state index contributed by atoms with van der Waals surface area (Å²) in [6.45, 7) is 1.70. The lowest BCUT2D eigenvalue weighted by Crippen LogP contribution is -2.22. The van der Waals surface area contributed by atoms with Gasteiger partial charge in [-0.2, -0.15) is 5.10 Å². The van der Waals surface area contributed by atoms with E-state index in [1.165, 1.54) is 0 Å². The third-order valence-corrected chi connectivity index (χ3v) is 3.05. The molecule has 0 fully saturated rings. The summed E-state index contributed by atoms with van der Waals surface area (Å²) in [5, 5.41) is 6.73. The number of hydrazone groups is 1. The fourth-order valence-corrected chi connectivity index (χ4v) is 1.98. The van der Waals surface area contributed by atoms with E-state index in [4.69, 9.17) is 0 Å². The van der Waals surface area contributed by atoms with Crippen LogP contribution in [-0.2, 0) is 16.0 Å². The summed E-state index contributed by atoms with van der Waals surface area (Å²) in [5.74, 6) is -0.381. The van der Waals surface area contributed by atoms with Gasteiger partial charge < -0.3 is 5.32 Å². The van der Waals surface area contributed by atoms with E-state index in [2.05, 4.69) is 15.8 Å². The van der Waals surface area contributed by atoms with Crippen molar-refractivity contribution in [3.8, 4) is 0 Å². The van der Waals surface area contributed by atoms with Crippen LogP contribution >= 0.6 is 0 Å². The molecule has 0 unspecified atom stereocenters. The molecule has 0 spiro atoms. The fourth-order valence-electron chi connectivity index (χ4n) is 1.98. The van der Waals surface area contributed by atoms with E-state index in [0.717, 1.165) is 11.3 Å². The maximum atomic E-state index is 11.9. The van der Waals surface area contributed by atoms with Crippen molar-refractivity contribution in [1.29, 1.82) is 0 Å². The van der Waals surface area contributed by atoms with Crippen molar-refractivity contribution in [2.75, 3.05) is 5.32 Å². The topological polar surface area (TPSA) is 70.6 Å². The second-order valence-electron chi connectivity index (χ2n) is 5.14. The molecule has 0 saturated heterocycles. The molecule has 2 N–H and O–H groups in total. The van der Waals surface area contributed by atoms with Crippen LogP contribution in [0.2, 0.25) is 0 Å². The summed E-state index contributed by atoms with van der Waals surface area (Å²) < 4.78 is 0. The molecule has 23 heavy (non-hydrogen) atoms. The molecule has 2 aromatic rings. The van der Waals surface area contributed by atoms with Gasteiger partial charge in [-0.3, -0.25) is 9.59 Å². The van der Waals surface area contributed by atoms with E-state index >= 15 is 0 Å². The lowest BCUT2D eigenvalue weighted by molar-refractivity contribution is -0.120. The Labute approximate surface area is 135 Å². The quantitative estimate of drug-likeness (QED) is 0.636. The van der Waals surface area contributed by atoms with Crippen LogP contribution in [0.5, 0.6) is 0 Å². The van der Waals surface area contributed by atoms with Crippen molar-refractivity contribution < 1.29 is 9.59 Å². The standard InChI is InChI=1S/C18H19N3O2/c1-14(12-17(22)19-16-10-6-3-7-11-16)20-21-18(23)13-15-8-4-2-5-9-15/h2-11H,12-13H2,1H3,(H,19,22)(H,21,23). The Kier molecular flexibility index (Phi) is 6.06. The van der Waals surface area contributed by atoms with Crippen molar-refractivity contribution in [1.82, 2.24) is 5.43 Å². The average molecular weight is 309 g/mol. The molecular weight excluding hydrogens is 290 g/mol. The molecule has 0 aliphatic carbocycles. The van der Waals surface area contributed by atoms with Gasteiger partial charge >= 0.3 is 0 Å². The van der Waals surface area contributed by atoms with Crippen molar-refractivity contribution in [3.05, 3.63) is 66.2 Å². The molecule has 5 nitrogen and oxygen atoms in total. The predicted octanol–water partition coefficient (Wildman–Crippen LogP) is 2.75. The van der Waals surface area contributed by atoms with Gasteiger partial charge in [0.1, 0.15) is 0 Å². The molecule has 5 heteroatoms. The lowest BCUT2D eigenvalue weighted by Gasteiger charge is -2.05. The number of rotatable bonds is 6. The van der Waals surface area contributed by atoms with E-state index in [1.807, 2.05) is 60.7 Å². The minimum Gasteiger partial charge on any atom is -0.326 e. The maximum Gasteiger partial charge on any atom is 0.244 e. The number of carbonyl (C=O) groups is 2. The maximum absolute atomic E-state index is 11.9. The minimum absolute atomic E-state index is 0.126. The first kappa shape index (κ1) is 16.4. The minimum atomic E-state index is -0.209. The second-order valence-corrected chi connectivity index (χ2v) is 5.14. The highest BCUT2D eigenvalue weighted by Gasteiger charge is 2.06. The number of hydrogen-bond donors (Lipinski definition) is 2. The van der Waals surface area contributed by atoms with E-state index in [0.29, 0.717) is 5.71 Å². The van der Waals surface area contributed by atoms with Gasteiger partial charge in [0.05, 0.1) is 12.8 Å². The molecule has 0 aliphatic heterocycles. The summed E-state index contributed by atoms with van der Waals surface area (Å²) in [6, 6.07) is 18.6. The highest BCUT2D eigenvalue weighted by Crippen LogP contribution is 2.05. The molecule has 0 atom stereocenters. The molecule has 2 rings (SSSR count). The van der Waals surface area contributed by atoms with E-state index in [-0.39, 0.29) is 24.7 Å². The van der Waals surface area contributed by atoms with Gasteiger partial charge in [-0.05, 0) is 24.6 Å². The number of amides is 2. The lowest BCUT2D eigenvalue weighted by atomic mass is 10.1. The summed E-state index contributed by atoms with van der Waals surface area (Å²) in [5.41, 5.74) is 4.66. The van der Waals surface area contributed by atoms with Crippen molar-refractivity contribution in [2.24, 2.45) is 5.10 Å². The average Bonchev–Trinajstić information content (AvgIpc) is 2.55. The van der Waals surface area contributed by atoms with Crippen LogP contribution in [0.1, 0.15) is 18.9 Å². The third kappa shape index (κ3) is 6.13. The monoisotopic (exact) mass is 309 g/mol.